The molecule has 100 valence electrons. The van der Waals surface area contributed by atoms with Crippen LogP contribution in [0, 0.1) is 12.7 Å². The van der Waals surface area contributed by atoms with Crippen LogP contribution in [0.4, 0.5) is 4.39 Å². The number of hydrogen-bond donors (Lipinski definition) is 1. The van der Waals surface area contributed by atoms with Gasteiger partial charge in [0.25, 0.3) is 0 Å². The van der Waals surface area contributed by atoms with E-state index in [4.69, 9.17) is 0 Å². The molecule has 3 heteroatoms. The highest BCUT2D eigenvalue weighted by atomic mass is 19.1. The molecule has 0 aliphatic heterocycles. The summed E-state index contributed by atoms with van der Waals surface area (Å²) in [5.41, 5.74) is 3.43. The molecule has 1 atom stereocenters. The lowest BCUT2D eigenvalue weighted by molar-refractivity contribution is 0.574. The Morgan fingerprint density at radius 2 is 1.95 bits per heavy atom. The zero-order valence-electron chi connectivity index (χ0n) is 11.4. The van der Waals surface area contributed by atoms with Crippen LogP contribution in [0.5, 0.6) is 0 Å². The minimum absolute atomic E-state index is 0.167. The number of aryl methyl sites for hydroxylation is 1. The fraction of sp³-hybridized carbons (Fsp3) is 0.312. The Hall–Kier alpha value is -1.74. The smallest absolute Gasteiger partial charge is 0.123 e. The number of aromatic nitrogens is 1. The van der Waals surface area contributed by atoms with Crippen molar-refractivity contribution in [2.24, 2.45) is 0 Å². The summed E-state index contributed by atoms with van der Waals surface area (Å²) in [6, 6.07) is 9.30. The molecule has 1 unspecified atom stereocenters. The van der Waals surface area contributed by atoms with Crippen LogP contribution in [0.15, 0.2) is 42.7 Å². The average molecular weight is 258 g/mol. The van der Waals surface area contributed by atoms with E-state index in [0.29, 0.717) is 6.04 Å². The molecule has 0 radical (unpaired) electrons. The molecule has 0 aliphatic carbocycles. The summed E-state index contributed by atoms with van der Waals surface area (Å²) < 4.78 is 13.0. The van der Waals surface area contributed by atoms with E-state index in [9.17, 15) is 4.39 Å². The molecule has 2 aromatic rings. The largest absolute Gasteiger partial charge is 0.310 e. The van der Waals surface area contributed by atoms with Crippen LogP contribution in [-0.2, 0) is 6.42 Å². The number of halogens is 1. The average Bonchev–Trinajstić information content (AvgIpc) is 2.42. The fourth-order valence-electron chi connectivity index (χ4n) is 2.13. The summed E-state index contributed by atoms with van der Waals surface area (Å²) >= 11 is 0. The normalized spacial score (nSPS) is 12.4. The first-order valence-corrected chi connectivity index (χ1v) is 6.55. The van der Waals surface area contributed by atoms with Gasteiger partial charge in [-0.05, 0) is 67.8 Å². The summed E-state index contributed by atoms with van der Waals surface area (Å²) in [6.07, 6.45) is 4.51. The van der Waals surface area contributed by atoms with Crippen molar-refractivity contribution in [2.75, 3.05) is 6.54 Å². The lowest BCUT2D eigenvalue weighted by Gasteiger charge is -2.14. The predicted octanol–water partition coefficient (Wildman–Crippen LogP) is 3.42. The van der Waals surface area contributed by atoms with Crippen molar-refractivity contribution in [2.45, 2.75) is 26.3 Å². The van der Waals surface area contributed by atoms with Crippen LogP contribution in [0.1, 0.15) is 29.7 Å². The van der Waals surface area contributed by atoms with Crippen LogP contribution < -0.4 is 5.32 Å². The number of nitrogens with zero attached hydrogens (tertiary/aromatic N) is 1. The van der Waals surface area contributed by atoms with E-state index in [1.54, 1.807) is 18.5 Å². The van der Waals surface area contributed by atoms with Gasteiger partial charge in [-0.25, -0.2) is 4.39 Å². The lowest BCUT2D eigenvalue weighted by Crippen LogP contribution is -2.21. The molecule has 1 aromatic heterocycles. The first-order valence-electron chi connectivity index (χ1n) is 6.55. The summed E-state index contributed by atoms with van der Waals surface area (Å²) in [4.78, 5) is 4.01. The maximum absolute atomic E-state index is 13.0. The molecule has 0 bridgehead atoms. The minimum Gasteiger partial charge on any atom is -0.310 e. The van der Waals surface area contributed by atoms with Crippen LogP contribution in [0.25, 0.3) is 0 Å². The number of rotatable bonds is 5. The minimum atomic E-state index is -0.167. The van der Waals surface area contributed by atoms with Crippen molar-refractivity contribution in [3.63, 3.8) is 0 Å². The van der Waals surface area contributed by atoms with Gasteiger partial charge < -0.3 is 5.32 Å². The molecule has 0 saturated carbocycles. The highest BCUT2D eigenvalue weighted by Gasteiger charge is 2.05. The maximum atomic E-state index is 13.0. The molecule has 1 aromatic carbocycles. The Morgan fingerprint density at radius 3 is 2.63 bits per heavy atom. The highest BCUT2D eigenvalue weighted by molar-refractivity contribution is 5.26. The predicted molar refractivity (Wildman–Crippen MR) is 75.5 cm³/mol. The van der Waals surface area contributed by atoms with Gasteiger partial charge in [-0.3, -0.25) is 4.98 Å². The number of pyridine rings is 1. The second-order valence-corrected chi connectivity index (χ2v) is 4.78. The van der Waals surface area contributed by atoms with E-state index in [1.165, 1.54) is 17.2 Å². The standard InChI is InChI=1S/C16H19FN2/c1-12-11-16(17)4-3-14(12)7-10-19-13(2)15-5-8-18-9-6-15/h3-6,8-9,11,13,19H,7,10H2,1-2H3. The van der Waals surface area contributed by atoms with Gasteiger partial charge in [-0.15, -0.1) is 0 Å². The Balaban J connectivity index is 1.86. The highest BCUT2D eigenvalue weighted by Crippen LogP contribution is 2.12. The van der Waals surface area contributed by atoms with Crippen LogP contribution >= 0.6 is 0 Å². The van der Waals surface area contributed by atoms with Gasteiger partial charge in [0, 0.05) is 18.4 Å². The molecule has 0 saturated heterocycles. The summed E-state index contributed by atoms with van der Waals surface area (Å²) in [5, 5.41) is 3.47. The fourth-order valence-corrected chi connectivity index (χ4v) is 2.13. The zero-order chi connectivity index (χ0) is 13.7. The van der Waals surface area contributed by atoms with Crippen molar-refractivity contribution < 1.29 is 4.39 Å². The van der Waals surface area contributed by atoms with Gasteiger partial charge >= 0.3 is 0 Å². The number of hydrogen-bond acceptors (Lipinski definition) is 2. The summed E-state index contributed by atoms with van der Waals surface area (Å²) in [5.74, 6) is -0.167. The molecule has 2 nitrogen and oxygen atoms in total. The van der Waals surface area contributed by atoms with Gasteiger partial charge in [-0.1, -0.05) is 6.07 Å². The first-order chi connectivity index (χ1) is 9.16. The molecule has 19 heavy (non-hydrogen) atoms. The van der Waals surface area contributed by atoms with Crippen molar-refractivity contribution in [1.29, 1.82) is 0 Å². The molecule has 0 fully saturated rings. The van der Waals surface area contributed by atoms with E-state index in [1.807, 2.05) is 25.1 Å². The summed E-state index contributed by atoms with van der Waals surface area (Å²) in [6.45, 7) is 4.95. The van der Waals surface area contributed by atoms with Gasteiger partial charge in [0.15, 0.2) is 0 Å². The second-order valence-electron chi connectivity index (χ2n) is 4.78. The van der Waals surface area contributed by atoms with Crippen molar-refractivity contribution >= 4 is 0 Å². The van der Waals surface area contributed by atoms with Crippen LogP contribution in [-0.4, -0.2) is 11.5 Å². The number of nitrogens with one attached hydrogen (secondary N) is 1. The van der Waals surface area contributed by atoms with Crippen molar-refractivity contribution in [3.8, 4) is 0 Å². The molecular weight excluding hydrogens is 239 g/mol. The molecule has 0 amide bonds. The van der Waals surface area contributed by atoms with E-state index < -0.39 is 0 Å². The van der Waals surface area contributed by atoms with Gasteiger partial charge in [-0.2, -0.15) is 0 Å². The maximum Gasteiger partial charge on any atom is 0.123 e. The Kier molecular flexibility index (Phi) is 4.63. The molecular formula is C16H19FN2. The molecule has 0 aliphatic rings. The third-order valence-electron chi connectivity index (χ3n) is 3.36. The van der Waals surface area contributed by atoms with Crippen molar-refractivity contribution in [3.05, 3.63) is 65.2 Å². The Labute approximate surface area is 113 Å². The van der Waals surface area contributed by atoms with Crippen molar-refractivity contribution in [1.82, 2.24) is 10.3 Å². The Morgan fingerprint density at radius 1 is 1.21 bits per heavy atom. The SMILES string of the molecule is Cc1cc(F)ccc1CCNC(C)c1ccncc1. The second kappa shape index (κ2) is 6.43. The van der Waals surface area contributed by atoms with Crippen LogP contribution in [0.3, 0.4) is 0 Å². The van der Waals surface area contributed by atoms with E-state index in [-0.39, 0.29) is 5.82 Å². The topological polar surface area (TPSA) is 24.9 Å². The van der Waals surface area contributed by atoms with E-state index >= 15 is 0 Å². The van der Waals surface area contributed by atoms with Gasteiger partial charge in [0.1, 0.15) is 5.82 Å². The van der Waals surface area contributed by atoms with Gasteiger partial charge in [0.2, 0.25) is 0 Å². The number of benzene rings is 1. The first kappa shape index (κ1) is 13.7. The monoisotopic (exact) mass is 258 g/mol. The molecule has 0 spiro atoms. The van der Waals surface area contributed by atoms with E-state index in [2.05, 4.69) is 17.2 Å². The molecule has 1 heterocycles. The third-order valence-corrected chi connectivity index (χ3v) is 3.36. The Bertz CT molecular complexity index is 526. The quantitative estimate of drug-likeness (QED) is 0.888. The zero-order valence-corrected chi connectivity index (χ0v) is 11.4. The third kappa shape index (κ3) is 3.86. The lowest BCUT2D eigenvalue weighted by atomic mass is 10.1. The van der Waals surface area contributed by atoms with Gasteiger partial charge in [0.05, 0.1) is 0 Å². The van der Waals surface area contributed by atoms with Crippen LogP contribution in [0.2, 0.25) is 0 Å². The molecule has 2 rings (SSSR count). The van der Waals surface area contributed by atoms with E-state index in [0.717, 1.165) is 18.5 Å². The summed E-state index contributed by atoms with van der Waals surface area (Å²) in [7, 11) is 0. The molecule has 1 N–H and O–H groups in total.